The molecule has 0 aliphatic carbocycles. The van der Waals surface area contributed by atoms with Gasteiger partial charge in [0, 0.05) is 12.7 Å². The molecule has 0 aliphatic rings. The van der Waals surface area contributed by atoms with Crippen LogP contribution < -0.4 is 5.32 Å². The molecule has 1 aromatic heterocycles. The third-order valence-corrected chi connectivity index (χ3v) is 2.03. The Morgan fingerprint density at radius 2 is 2.38 bits per heavy atom. The number of aryl methyl sites for hydroxylation is 2. The van der Waals surface area contributed by atoms with E-state index in [2.05, 4.69) is 23.5 Å². The van der Waals surface area contributed by atoms with Crippen LogP contribution in [0.2, 0.25) is 0 Å². The van der Waals surface area contributed by atoms with E-state index >= 15 is 0 Å². The molecule has 0 unspecified atom stereocenters. The monoisotopic (exact) mass is 181 g/mol. The van der Waals surface area contributed by atoms with Gasteiger partial charge in [-0.3, -0.25) is 4.68 Å². The molecule has 13 heavy (non-hydrogen) atoms. The molecule has 74 valence electrons. The molecule has 1 N–H and O–H groups in total. The van der Waals surface area contributed by atoms with Crippen LogP contribution in [0, 0.1) is 0 Å². The number of nitrogens with zero attached hydrogens (tertiary/aromatic N) is 2. The van der Waals surface area contributed by atoms with Crippen molar-refractivity contribution in [1.29, 1.82) is 0 Å². The van der Waals surface area contributed by atoms with Gasteiger partial charge in [0.25, 0.3) is 0 Å². The van der Waals surface area contributed by atoms with Crippen molar-refractivity contribution in [3.63, 3.8) is 0 Å². The van der Waals surface area contributed by atoms with Crippen LogP contribution >= 0.6 is 0 Å². The van der Waals surface area contributed by atoms with Crippen molar-refractivity contribution in [2.75, 3.05) is 13.6 Å². The lowest BCUT2D eigenvalue weighted by Crippen LogP contribution is -2.08. The van der Waals surface area contributed by atoms with Crippen LogP contribution in [0.5, 0.6) is 0 Å². The first-order valence-electron chi connectivity index (χ1n) is 5.02. The summed E-state index contributed by atoms with van der Waals surface area (Å²) in [5, 5.41) is 7.42. The molecular formula is C10H19N3. The van der Waals surface area contributed by atoms with Crippen LogP contribution in [0.1, 0.15) is 25.3 Å². The standard InChI is InChI=1S/C10H19N3/c1-3-7-13-9-10(8-12-13)5-4-6-11-2/h8-9,11H,3-7H2,1-2H3. The molecule has 1 aromatic rings. The molecule has 0 bridgehead atoms. The molecule has 0 fully saturated rings. The van der Waals surface area contributed by atoms with Crippen molar-refractivity contribution in [1.82, 2.24) is 15.1 Å². The quantitative estimate of drug-likeness (QED) is 0.673. The fourth-order valence-electron chi connectivity index (χ4n) is 1.36. The molecule has 0 aromatic carbocycles. The molecule has 3 nitrogen and oxygen atoms in total. The van der Waals surface area contributed by atoms with Gasteiger partial charge in [0.1, 0.15) is 0 Å². The van der Waals surface area contributed by atoms with E-state index in [0.717, 1.165) is 25.9 Å². The molecule has 0 amide bonds. The SMILES string of the molecule is CCCn1cc(CCCNC)cn1. The van der Waals surface area contributed by atoms with Crippen molar-refractivity contribution in [3.05, 3.63) is 18.0 Å². The Morgan fingerprint density at radius 1 is 1.54 bits per heavy atom. The molecule has 0 spiro atoms. The summed E-state index contributed by atoms with van der Waals surface area (Å²) in [5.74, 6) is 0. The second kappa shape index (κ2) is 5.75. The van der Waals surface area contributed by atoms with E-state index in [4.69, 9.17) is 0 Å². The summed E-state index contributed by atoms with van der Waals surface area (Å²) in [6.07, 6.45) is 7.60. The third-order valence-electron chi connectivity index (χ3n) is 2.03. The predicted octanol–water partition coefficient (Wildman–Crippen LogP) is 1.45. The maximum absolute atomic E-state index is 4.28. The Morgan fingerprint density at radius 3 is 3.08 bits per heavy atom. The number of rotatable bonds is 6. The summed E-state index contributed by atoms with van der Waals surface area (Å²) in [5.41, 5.74) is 1.35. The average molecular weight is 181 g/mol. The van der Waals surface area contributed by atoms with Crippen molar-refractivity contribution in [2.24, 2.45) is 0 Å². The summed E-state index contributed by atoms with van der Waals surface area (Å²) >= 11 is 0. The van der Waals surface area contributed by atoms with Gasteiger partial charge in [-0.25, -0.2) is 0 Å². The Kier molecular flexibility index (Phi) is 4.54. The second-order valence-electron chi connectivity index (χ2n) is 3.32. The number of aromatic nitrogens is 2. The zero-order valence-corrected chi connectivity index (χ0v) is 8.58. The van der Waals surface area contributed by atoms with Gasteiger partial charge in [-0.15, -0.1) is 0 Å². The van der Waals surface area contributed by atoms with Gasteiger partial charge >= 0.3 is 0 Å². The van der Waals surface area contributed by atoms with Crippen molar-refractivity contribution in [2.45, 2.75) is 32.7 Å². The highest BCUT2D eigenvalue weighted by Gasteiger charge is 1.96. The average Bonchev–Trinajstić information content (AvgIpc) is 2.54. The minimum absolute atomic E-state index is 1.03. The molecule has 0 saturated carbocycles. The van der Waals surface area contributed by atoms with Gasteiger partial charge in [0.2, 0.25) is 0 Å². The number of hydrogen-bond acceptors (Lipinski definition) is 2. The van der Waals surface area contributed by atoms with Crippen LogP contribution in [0.4, 0.5) is 0 Å². The third kappa shape index (κ3) is 3.59. The highest BCUT2D eigenvalue weighted by Crippen LogP contribution is 2.01. The van der Waals surface area contributed by atoms with E-state index in [9.17, 15) is 0 Å². The van der Waals surface area contributed by atoms with Crippen LogP contribution in [0.25, 0.3) is 0 Å². The Hall–Kier alpha value is -0.830. The lowest BCUT2D eigenvalue weighted by atomic mass is 10.2. The van der Waals surface area contributed by atoms with E-state index in [1.165, 1.54) is 12.0 Å². The molecule has 1 rings (SSSR count). The van der Waals surface area contributed by atoms with Crippen molar-refractivity contribution < 1.29 is 0 Å². The first-order chi connectivity index (χ1) is 6.36. The highest BCUT2D eigenvalue weighted by molar-refractivity contribution is 5.03. The Balaban J connectivity index is 2.31. The van der Waals surface area contributed by atoms with E-state index in [1.807, 2.05) is 17.9 Å². The first-order valence-corrected chi connectivity index (χ1v) is 5.02. The maximum atomic E-state index is 4.28. The van der Waals surface area contributed by atoms with E-state index in [1.54, 1.807) is 0 Å². The molecule has 0 atom stereocenters. The molecule has 0 radical (unpaired) electrons. The molecule has 0 saturated heterocycles. The highest BCUT2D eigenvalue weighted by atomic mass is 15.3. The van der Waals surface area contributed by atoms with Crippen LogP contribution in [0.15, 0.2) is 12.4 Å². The van der Waals surface area contributed by atoms with Crippen LogP contribution in [0.3, 0.4) is 0 Å². The number of nitrogens with one attached hydrogen (secondary N) is 1. The van der Waals surface area contributed by atoms with Gasteiger partial charge in [-0.1, -0.05) is 6.92 Å². The summed E-state index contributed by atoms with van der Waals surface area (Å²) in [6.45, 7) is 4.29. The summed E-state index contributed by atoms with van der Waals surface area (Å²) < 4.78 is 2.02. The maximum Gasteiger partial charge on any atom is 0.0521 e. The molecular weight excluding hydrogens is 162 g/mol. The van der Waals surface area contributed by atoms with E-state index in [0.29, 0.717) is 0 Å². The fraction of sp³-hybridized carbons (Fsp3) is 0.700. The van der Waals surface area contributed by atoms with Gasteiger partial charge in [0.05, 0.1) is 6.20 Å². The zero-order valence-electron chi connectivity index (χ0n) is 8.58. The van der Waals surface area contributed by atoms with Crippen molar-refractivity contribution >= 4 is 0 Å². The summed E-state index contributed by atoms with van der Waals surface area (Å²) in [7, 11) is 1.99. The minimum Gasteiger partial charge on any atom is -0.320 e. The van der Waals surface area contributed by atoms with Gasteiger partial charge in [-0.05, 0) is 38.4 Å². The molecule has 1 heterocycles. The molecule has 3 heteroatoms. The normalized spacial score (nSPS) is 10.6. The smallest absolute Gasteiger partial charge is 0.0521 e. The lowest BCUT2D eigenvalue weighted by Gasteiger charge is -1.97. The summed E-state index contributed by atoms with van der Waals surface area (Å²) in [4.78, 5) is 0. The minimum atomic E-state index is 1.03. The Bertz CT molecular complexity index is 230. The van der Waals surface area contributed by atoms with E-state index in [-0.39, 0.29) is 0 Å². The van der Waals surface area contributed by atoms with Crippen LogP contribution in [-0.4, -0.2) is 23.4 Å². The molecule has 0 aliphatic heterocycles. The lowest BCUT2D eigenvalue weighted by molar-refractivity contribution is 0.602. The Labute approximate surface area is 80.1 Å². The zero-order chi connectivity index (χ0) is 9.52. The van der Waals surface area contributed by atoms with Gasteiger partial charge in [-0.2, -0.15) is 5.10 Å². The van der Waals surface area contributed by atoms with Crippen molar-refractivity contribution in [3.8, 4) is 0 Å². The number of hydrogen-bond donors (Lipinski definition) is 1. The van der Waals surface area contributed by atoms with E-state index < -0.39 is 0 Å². The van der Waals surface area contributed by atoms with Gasteiger partial charge in [0.15, 0.2) is 0 Å². The van der Waals surface area contributed by atoms with Crippen LogP contribution in [-0.2, 0) is 13.0 Å². The fourth-order valence-corrected chi connectivity index (χ4v) is 1.36. The predicted molar refractivity (Wildman–Crippen MR) is 54.8 cm³/mol. The first kappa shape index (κ1) is 10.3. The summed E-state index contributed by atoms with van der Waals surface area (Å²) in [6, 6.07) is 0. The largest absolute Gasteiger partial charge is 0.320 e. The topological polar surface area (TPSA) is 29.9 Å². The van der Waals surface area contributed by atoms with Gasteiger partial charge < -0.3 is 5.32 Å². The second-order valence-corrected chi connectivity index (χ2v) is 3.32.